The van der Waals surface area contributed by atoms with Crippen molar-refractivity contribution < 1.29 is 13.2 Å². The molecule has 1 amide bonds. The second-order valence-corrected chi connectivity index (χ2v) is 10.7. The van der Waals surface area contributed by atoms with Gasteiger partial charge in [-0.1, -0.05) is 18.0 Å². The standard InChI is InChI=1S/C21H33ClN4O3S/c1-18-4-2-3-11-24(18)14-15-25(21(27)19-5-7-20(22)8-6-19)16-17-30(28,29)26-12-9-23-10-13-26/h5-8,18,23H,2-4,9-17H2,1H3/t18-/m1/s1. The van der Waals surface area contributed by atoms with Crippen molar-refractivity contribution in [3.05, 3.63) is 34.9 Å². The molecule has 0 spiro atoms. The van der Waals surface area contributed by atoms with E-state index in [0.717, 1.165) is 13.1 Å². The molecule has 0 aliphatic carbocycles. The van der Waals surface area contributed by atoms with Crippen LogP contribution in [0.5, 0.6) is 0 Å². The molecular formula is C21H33ClN4O3S. The highest BCUT2D eigenvalue weighted by atomic mass is 35.5. The van der Waals surface area contributed by atoms with Gasteiger partial charge in [0.1, 0.15) is 0 Å². The molecule has 0 radical (unpaired) electrons. The molecule has 1 N–H and O–H groups in total. The van der Waals surface area contributed by atoms with Crippen LogP contribution >= 0.6 is 11.6 Å². The number of nitrogens with zero attached hydrogens (tertiary/aromatic N) is 3. The Morgan fingerprint density at radius 1 is 1.13 bits per heavy atom. The van der Waals surface area contributed by atoms with E-state index in [1.165, 1.54) is 23.6 Å². The van der Waals surface area contributed by atoms with Crippen LogP contribution in [-0.4, -0.2) is 92.6 Å². The summed E-state index contributed by atoms with van der Waals surface area (Å²) in [5.74, 6) is -0.200. The molecule has 0 bridgehead atoms. The summed E-state index contributed by atoms with van der Waals surface area (Å²) in [5, 5.41) is 3.74. The topological polar surface area (TPSA) is 73.0 Å². The maximum atomic E-state index is 13.1. The fraction of sp³-hybridized carbons (Fsp3) is 0.667. The molecule has 1 atom stereocenters. The van der Waals surface area contributed by atoms with Gasteiger partial charge in [0, 0.05) is 62.4 Å². The van der Waals surface area contributed by atoms with Crippen LogP contribution in [0.25, 0.3) is 0 Å². The Labute approximate surface area is 185 Å². The number of piperidine rings is 1. The van der Waals surface area contributed by atoms with Gasteiger partial charge in [0.2, 0.25) is 10.0 Å². The van der Waals surface area contributed by atoms with E-state index in [1.54, 1.807) is 29.2 Å². The lowest BCUT2D eigenvalue weighted by atomic mass is 10.0. The van der Waals surface area contributed by atoms with Gasteiger partial charge in [-0.25, -0.2) is 8.42 Å². The third-order valence-electron chi connectivity index (χ3n) is 6.06. The minimum Gasteiger partial charge on any atom is -0.336 e. The molecule has 30 heavy (non-hydrogen) atoms. The van der Waals surface area contributed by atoms with Crippen molar-refractivity contribution in [2.75, 3.05) is 58.1 Å². The first-order chi connectivity index (χ1) is 14.4. The molecule has 7 nitrogen and oxygen atoms in total. The number of rotatable bonds is 8. The van der Waals surface area contributed by atoms with Gasteiger partial charge in [-0.3, -0.25) is 9.69 Å². The number of carbonyl (C=O) groups excluding carboxylic acids is 1. The average Bonchev–Trinajstić information content (AvgIpc) is 2.75. The maximum Gasteiger partial charge on any atom is 0.253 e. The second-order valence-electron chi connectivity index (χ2n) is 8.14. The van der Waals surface area contributed by atoms with Crippen molar-refractivity contribution in [2.45, 2.75) is 32.2 Å². The van der Waals surface area contributed by atoms with E-state index in [-0.39, 0.29) is 18.2 Å². The molecule has 0 unspecified atom stereocenters. The number of sulfonamides is 1. The third-order valence-corrected chi connectivity index (χ3v) is 8.17. The summed E-state index contributed by atoms with van der Waals surface area (Å²) >= 11 is 5.96. The molecule has 2 aliphatic rings. The van der Waals surface area contributed by atoms with E-state index in [9.17, 15) is 13.2 Å². The second kappa shape index (κ2) is 10.9. The van der Waals surface area contributed by atoms with Crippen LogP contribution in [0.4, 0.5) is 0 Å². The van der Waals surface area contributed by atoms with E-state index in [1.807, 2.05) is 0 Å². The number of halogens is 1. The highest BCUT2D eigenvalue weighted by Crippen LogP contribution is 2.17. The minimum atomic E-state index is -3.39. The van der Waals surface area contributed by atoms with E-state index in [0.29, 0.717) is 49.4 Å². The summed E-state index contributed by atoms with van der Waals surface area (Å²) in [6, 6.07) is 7.28. The number of amides is 1. The van der Waals surface area contributed by atoms with Crippen molar-refractivity contribution in [3.63, 3.8) is 0 Å². The van der Waals surface area contributed by atoms with Gasteiger partial charge in [-0.05, 0) is 50.6 Å². The predicted molar refractivity (Wildman–Crippen MR) is 120 cm³/mol. The lowest BCUT2D eigenvalue weighted by Gasteiger charge is -2.35. The van der Waals surface area contributed by atoms with Crippen molar-refractivity contribution in [1.29, 1.82) is 0 Å². The molecule has 1 aromatic carbocycles. The Hall–Kier alpha value is -1.19. The maximum absolute atomic E-state index is 13.1. The average molecular weight is 457 g/mol. The number of nitrogens with one attached hydrogen (secondary N) is 1. The van der Waals surface area contributed by atoms with Gasteiger partial charge >= 0.3 is 0 Å². The highest BCUT2D eigenvalue weighted by Gasteiger charge is 2.27. The van der Waals surface area contributed by atoms with Crippen molar-refractivity contribution in [1.82, 2.24) is 19.4 Å². The molecule has 2 heterocycles. The first-order valence-electron chi connectivity index (χ1n) is 10.8. The van der Waals surface area contributed by atoms with E-state index < -0.39 is 10.0 Å². The largest absolute Gasteiger partial charge is 0.336 e. The molecule has 0 aromatic heterocycles. The Kier molecular flexibility index (Phi) is 8.53. The number of likely N-dealkylation sites (tertiary alicyclic amines) is 1. The molecule has 2 saturated heterocycles. The Morgan fingerprint density at radius 2 is 1.83 bits per heavy atom. The quantitative estimate of drug-likeness (QED) is 0.646. The molecular weight excluding hydrogens is 424 g/mol. The molecule has 2 aliphatic heterocycles. The van der Waals surface area contributed by atoms with Crippen LogP contribution in [0.2, 0.25) is 5.02 Å². The van der Waals surface area contributed by atoms with Crippen LogP contribution in [0.15, 0.2) is 24.3 Å². The number of hydrogen-bond acceptors (Lipinski definition) is 5. The van der Waals surface area contributed by atoms with Gasteiger partial charge in [-0.2, -0.15) is 4.31 Å². The molecule has 9 heteroatoms. The lowest BCUT2D eigenvalue weighted by Crippen LogP contribution is -2.49. The summed E-state index contributed by atoms with van der Waals surface area (Å²) in [6.45, 7) is 7.02. The molecule has 168 valence electrons. The normalized spacial score (nSPS) is 21.5. The van der Waals surface area contributed by atoms with Crippen LogP contribution in [0.3, 0.4) is 0 Å². The van der Waals surface area contributed by atoms with Gasteiger partial charge in [-0.15, -0.1) is 0 Å². The summed E-state index contributed by atoms with van der Waals surface area (Å²) in [5.41, 5.74) is 0.533. The van der Waals surface area contributed by atoms with E-state index >= 15 is 0 Å². The highest BCUT2D eigenvalue weighted by molar-refractivity contribution is 7.89. The van der Waals surface area contributed by atoms with E-state index in [2.05, 4.69) is 17.1 Å². The monoisotopic (exact) mass is 456 g/mol. The predicted octanol–water partition coefficient (Wildman–Crippen LogP) is 1.89. The fourth-order valence-electron chi connectivity index (χ4n) is 4.11. The van der Waals surface area contributed by atoms with Crippen molar-refractivity contribution in [2.24, 2.45) is 0 Å². The van der Waals surface area contributed by atoms with Crippen LogP contribution < -0.4 is 5.32 Å². The summed E-state index contributed by atoms with van der Waals surface area (Å²) in [4.78, 5) is 17.2. The SMILES string of the molecule is C[C@@H]1CCCCN1CCN(CCS(=O)(=O)N1CCNCC1)C(=O)c1ccc(Cl)cc1. The lowest BCUT2D eigenvalue weighted by molar-refractivity contribution is 0.0717. The van der Waals surface area contributed by atoms with Gasteiger partial charge in [0.15, 0.2) is 0 Å². The Balaban J connectivity index is 1.67. The molecule has 2 fully saturated rings. The molecule has 3 rings (SSSR count). The fourth-order valence-corrected chi connectivity index (χ4v) is 5.68. The smallest absolute Gasteiger partial charge is 0.253 e. The van der Waals surface area contributed by atoms with Crippen LogP contribution in [0.1, 0.15) is 36.5 Å². The van der Waals surface area contributed by atoms with E-state index in [4.69, 9.17) is 11.6 Å². The van der Waals surface area contributed by atoms with Gasteiger partial charge < -0.3 is 10.2 Å². The zero-order chi connectivity index (χ0) is 21.6. The number of hydrogen-bond donors (Lipinski definition) is 1. The number of carbonyl (C=O) groups is 1. The van der Waals surface area contributed by atoms with Crippen molar-refractivity contribution >= 4 is 27.5 Å². The zero-order valence-corrected chi connectivity index (χ0v) is 19.3. The molecule has 0 saturated carbocycles. The summed E-state index contributed by atoms with van der Waals surface area (Å²) in [7, 11) is -3.39. The van der Waals surface area contributed by atoms with Gasteiger partial charge in [0.05, 0.1) is 5.75 Å². The van der Waals surface area contributed by atoms with Crippen molar-refractivity contribution in [3.8, 4) is 0 Å². The zero-order valence-electron chi connectivity index (χ0n) is 17.7. The first-order valence-corrected chi connectivity index (χ1v) is 12.8. The summed E-state index contributed by atoms with van der Waals surface area (Å²) < 4.78 is 27.1. The number of piperazine rings is 1. The Morgan fingerprint density at radius 3 is 2.50 bits per heavy atom. The molecule has 1 aromatic rings. The Bertz CT molecular complexity index is 797. The minimum absolute atomic E-state index is 0.0537. The summed E-state index contributed by atoms with van der Waals surface area (Å²) in [6.07, 6.45) is 3.59. The van der Waals surface area contributed by atoms with Gasteiger partial charge in [0.25, 0.3) is 5.91 Å². The van der Waals surface area contributed by atoms with Crippen LogP contribution in [0, 0.1) is 0 Å². The number of benzene rings is 1. The third kappa shape index (κ3) is 6.40. The first kappa shape index (κ1) is 23.5. The van der Waals surface area contributed by atoms with Crippen LogP contribution in [-0.2, 0) is 10.0 Å².